The third kappa shape index (κ3) is 40.1. The van der Waals surface area contributed by atoms with E-state index < -0.39 is 51.1 Å². The molecule has 13 heteroatoms. The summed E-state index contributed by atoms with van der Waals surface area (Å²) in [6.45, 7) is 2.54. The first-order chi connectivity index (χ1) is 28.5. The molecule has 0 aromatic carbocycles. The van der Waals surface area contributed by atoms with Crippen molar-refractivity contribution in [2.45, 2.75) is 180 Å². The number of hydrogen-bond acceptors (Lipinski definition) is 10. The Kier molecular flexibility index (Phi) is 38.2. The Labute approximate surface area is 355 Å². The molecule has 0 aliphatic heterocycles. The molecule has 4 atom stereocenters. The predicted molar refractivity (Wildman–Crippen MR) is 237 cm³/mol. The summed E-state index contributed by atoms with van der Waals surface area (Å²) >= 11 is 0. The standard InChI is InChI=1S/C46H78NO11P/c1-3-5-7-8-9-10-11-12-13-14-15-16-20-23-26-29-32-36-44(49)55-38-42(39-56-59(53,54)57-40-43(47)46(51)52)58-45(50)37-33-30-27-24-21-18-17-19-22-25-28-31-35-41(48)34-6-4-2/h9-10,12-13,17-18,22,24-25,27,31,35,41-43,48H,3-8,11,14-16,19-21,23,26,28-30,32-34,36-40,47H2,1-2H3,(H,51,52)(H,53,54)/b10-9-,13-12-,18-17-,25-22-,27-24-,35-31-/t41-,42-,43+/m1/s1. The Morgan fingerprint density at radius 2 is 1.07 bits per heavy atom. The Balaban J connectivity index is 4.50. The first-order valence-corrected chi connectivity index (χ1v) is 23.5. The molecular formula is C46H78NO11P. The van der Waals surface area contributed by atoms with Gasteiger partial charge in [-0.25, -0.2) is 4.57 Å². The number of unbranched alkanes of at least 4 members (excludes halogenated alkanes) is 12. The van der Waals surface area contributed by atoms with Gasteiger partial charge in [-0.3, -0.25) is 23.4 Å². The van der Waals surface area contributed by atoms with Crippen LogP contribution in [-0.2, 0) is 37.5 Å². The maximum atomic E-state index is 12.6. The minimum absolute atomic E-state index is 0.0633. The van der Waals surface area contributed by atoms with Crippen molar-refractivity contribution in [3.05, 3.63) is 72.9 Å². The summed E-state index contributed by atoms with van der Waals surface area (Å²) in [6.07, 6.45) is 44.5. The average molecular weight is 852 g/mol. The van der Waals surface area contributed by atoms with Gasteiger partial charge >= 0.3 is 25.7 Å². The Morgan fingerprint density at radius 3 is 1.64 bits per heavy atom. The summed E-state index contributed by atoms with van der Waals surface area (Å²) in [6, 6.07) is -1.54. The Bertz CT molecular complexity index is 1290. The molecule has 59 heavy (non-hydrogen) atoms. The molecule has 0 aliphatic carbocycles. The first kappa shape index (κ1) is 55.9. The maximum Gasteiger partial charge on any atom is 0.472 e. The smallest absolute Gasteiger partial charge is 0.472 e. The number of esters is 2. The molecule has 12 nitrogen and oxygen atoms in total. The van der Waals surface area contributed by atoms with Gasteiger partial charge in [0.1, 0.15) is 12.6 Å². The molecule has 0 spiro atoms. The van der Waals surface area contributed by atoms with E-state index in [4.69, 9.17) is 24.8 Å². The van der Waals surface area contributed by atoms with E-state index in [1.807, 2.05) is 24.3 Å². The van der Waals surface area contributed by atoms with Crippen LogP contribution in [-0.4, -0.2) is 71.1 Å². The van der Waals surface area contributed by atoms with Crippen LogP contribution in [0.3, 0.4) is 0 Å². The van der Waals surface area contributed by atoms with Crippen LogP contribution in [0.2, 0.25) is 0 Å². The fraction of sp³-hybridized carbons (Fsp3) is 0.674. The lowest BCUT2D eigenvalue weighted by Crippen LogP contribution is -2.34. The molecule has 0 saturated heterocycles. The number of aliphatic carboxylic acids is 1. The van der Waals surface area contributed by atoms with Crippen LogP contribution >= 0.6 is 7.82 Å². The van der Waals surface area contributed by atoms with Gasteiger partial charge in [-0.1, -0.05) is 145 Å². The van der Waals surface area contributed by atoms with Crippen LogP contribution < -0.4 is 5.73 Å². The lowest BCUT2D eigenvalue weighted by molar-refractivity contribution is -0.161. The zero-order valence-corrected chi connectivity index (χ0v) is 37.1. The summed E-state index contributed by atoms with van der Waals surface area (Å²) in [7, 11) is -4.75. The van der Waals surface area contributed by atoms with E-state index in [1.54, 1.807) is 0 Å². The highest BCUT2D eigenvalue weighted by Crippen LogP contribution is 2.43. The van der Waals surface area contributed by atoms with Crippen molar-refractivity contribution in [1.82, 2.24) is 0 Å². The van der Waals surface area contributed by atoms with Gasteiger partial charge in [0.25, 0.3) is 0 Å². The number of aliphatic hydroxyl groups excluding tert-OH is 1. The van der Waals surface area contributed by atoms with E-state index in [1.165, 1.54) is 38.5 Å². The number of phosphoric ester groups is 1. The number of carboxylic acids is 1. The van der Waals surface area contributed by atoms with Crippen LogP contribution in [0.1, 0.15) is 162 Å². The number of carboxylic acid groups (broad SMARTS) is 1. The first-order valence-electron chi connectivity index (χ1n) is 22.1. The number of nitrogens with two attached hydrogens (primary N) is 1. The normalized spacial score (nSPS) is 14.9. The van der Waals surface area contributed by atoms with Crippen molar-refractivity contribution >= 4 is 25.7 Å². The summed E-state index contributed by atoms with van der Waals surface area (Å²) < 4.78 is 32.6. The molecule has 0 rings (SSSR count). The monoisotopic (exact) mass is 852 g/mol. The molecule has 0 radical (unpaired) electrons. The number of ether oxygens (including phenoxy) is 2. The number of aliphatic hydroxyl groups is 1. The van der Waals surface area contributed by atoms with Crippen LogP contribution in [0.15, 0.2) is 72.9 Å². The third-order valence-corrected chi connectivity index (χ3v) is 9.95. The molecule has 5 N–H and O–H groups in total. The van der Waals surface area contributed by atoms with Crippen molar-refractivity contribution in [3.8, 4) is 0 Å². The summed E-state index contributed by atoms with van der Waals surface area (Å²) in [5, 5.41) is 18.7. The highest BCUT2D eigenvalue weighted by molar-refractivity contribution is 7.47. The molecule has 0 aromatic heterocycles. The molecule has 0 saturated carbocycles. The van der Waals surface area contributed by atoms with Gasteiger partial charge in [0.2, 0.25) is 0 Å². The molecule has 0 aromatic rings. The lowest BCUT2D eigenvalue weighted by Gasteiger charge is -2.20. The van der Waals surface area contributed by atoms with E-state index in [9.17, 15) is 28.9 Å². The van der Waals surface area contributed by atoms with Crippen molar-refractivity contribution in [2.24, 2.45) is 5.73 Å². The van der Waals surface area contributed by atoms with E-state index in [-0.39, 0.29) is 25.6 Å². The minimum Gasteiger partial charge on any atom is -0.480 e. The third-order valence-electron chi connectivity index (χ3n) is 9.00. The van der Waals surface area contributed by atoms with Gasteiger partial charge in [-0.2, -0.15) is 0 Å². The number of phosphoric acid groups is 1. The minimum atomic E-state index is -4.75. The number of hydrogen-bond donors (Lipinski definition) is 4. The maximum absolute atomic E-state index is 12.6. The molecule has 338 valence electrons. The van der Waals surface area contributed by atoms with Gasteiger partial charge in [0.15, 0.2) is 6.10 Å². The molecule has 1 unspecified atom stereocenters. The number of allylic oxidation sites excluding steroid dienone is 11. The highest BCUT2D eigenvalue weighted by atomic mass is 31.2. The average Bonchev–Trinajstić information content (AvgIpc) is 3.21. The molecular weight excluding hydrogens is 773 g/mol. The van der Waals surface area contributed by atoms with Crippen LogP contribution in [0, 0.1) is 0 Å². The van der Waals surface area contributed by atoms with E-state index in [2.05, 4.69) is 67.0 Å². The van der Waals surface area contributed by atoms with Gasteiger partial charge in [-0.05, 0) is 77.0 Å². The second-order valence-electron chi connectivity index (χ2n) is 14.6. The van der Waals surface area contributed by atoms with Crippen LogP contribution in [0.5, 0.6) is 0 Å². The summed E-state index contributed by atoms with van der Waals surface area (Å²) in [5.74, 6) is -2.50. The molecule has 0 amide bonds. The quantitative estimate of drug-likeness (QED) is 0.0198. The number of rotatable bonds is 40. The van der Waals surface area contributed by atoms with Crippen LogP contribution in [0.4, 0.5) is 0 Å². The fourth-order valence-corrected chi connectivity index (χ4v) is 6.24. The molecule has 0 bridgehead atoms. The SMILES string of the molecule is CCCCC/C=C\C/C=C\CCCCCCCCCC(=O)OC[C@H](COP(=O)(O)OC[C@H](N)C(=O)O)OC(=O)CCC/C=C\C/C=C\C/C=C\C/C=C\[C@H](O)CCCC. The predicted octanol–water partition coefficient (Wildman–Crippen LogP) is 10.7. The lowest BCUT2D eigenvalue weighted by atomic mass is 10.1. The largest absolute Gasteiger partial charge is 0.480 e. The molecule has 0 fully saturated rings. The van der Waals surface area contributed by atoms with Crippen molar-refractivity contribution < 1.29 is 52.6 Å². The number of carbonyl (C=O) groups is 3. The van der Waals surface area contributed by atoms with Crippen molar-refractivity contribution in [3.63, 3.8) is 0 Å². The zero-order valence-electron chi connectivity index (χ0n) is 36.2. The van der Waals surface area contributed by atoms with Gasteiger partial charge < -0.3 is 30.3 Å². The second kappa shape index (κ2) is 40.3. The molecule has 0 heterocycles. The van der Waals surface area contributed by atoms with Crippen LogP contribution in [0.25, 0.3) is 0 Å². The van der Waals surface area contributed by atoms with Gasteiger partial charge in [-0.15, -0.1) is 0 Å². The summed E-state index contributed by atoms with van der Waals surface area (Å²) in [5.41, 5.74) is 5.33. The number of carbonyl (C=O) groups excluding carboxylic acids is 2. The summed E-state index contributed by atoms with van der Waals surface area (Å²) in [4.78, 5) is 46.0. The van der Waals surface area contributed by atoms with Crippen molar-refractivity contribution in [1.29, 1.82) is 0 Å². The van der Waals surface area contributed by atoms with E-state index in [0.29, 0.717) is 19.3 Å². The van der Waals surface area contributed by atoms with Gasteiger partial charge in [0, 0.05) is 12.8 Å². The Morgan fingerprint density at radius 1 is 0.593 bits per heavy atom. The Hall–Kier alpha value is -3.12. The fourth-order valence-electron chi connectivity index (χ4n) is 5.46. The molecule has 0 aliphatic rings. The second-order valence-corrected chi connectivity index (χ2v) is 16.1. The van der Waals surface area contributed by atoms with E-state index in [0.717, 1.165) is 77.0 Å². The zero-order chi connectivity index (χ0) is 43.7. The van der Waals surface area contributed by atoms with Crippen molar-refractivity contribution in [2.75, 3.05) is 19.8 Å². The van der Waals surface area contributed by atoms with E-state index >= 15 is 0 Å². The highest BCUT2D eigenvalue weighted by Gasteiger charge is 2.28. The van der Waals surface area contributed by atoms with Gasteiger partial charge in [0.05, 0.1) is 19.3 Å². The topological polar surface area (TPSA) is 192 Å².